The number of ether oxygens (including phenoxy) is 1. The fourth-order valence-electron chi connectivity index (χ4n) is 3.17. The fourth-order valence-corrected chi connectivity index (χ4v) is 3.17. The molecule has 23 heavy (non-hydrogen) atoms. The summed E-state index contributed by atoms with van der Waals surface area (Å²) < 4.78 is 5.83. The summed E-state index contributed by atoms with van der Waals surface area (Å²) >= 11 is 0. The van der Waals surface area contributed by atoms with Gasteiger partial charge in [0.15, 0.2) is 0 Å². The van der Waals surface area contributed by atoms with Crippen LogP contribution in [-0.4, -0.2) is 36.6 Å². The van der Waals surface area contributed by atoms with Crippen LogP contribution in [0.3, 0.4) is 0 Å². The van der Waals surface area contributed by atoms with E-state index in [1.807, 2.05) is 60.7 Å². The van der Waals surface area contributed by atoms with Crippen LogP contribution in [0.5, 0.6) is 0 Å². The van der Waals surface area contributed by atoms with Gasteiger partial charge in [0.25, 0.3) is 0 Å². The maximum Gasteiger partial charge on any atom is 0.318 e. The van der Waals surface area contributed by atoms with Crippen LogP contribution in [0.25, 0.3) is 0 Å². The summed E-state index contributed by atoms with van der Waals surface area (Å²) in [5.74, 6) is -0.501. The van der Waals surface area contributed by atoms with Crippen LogP contribution in [0, 0.1) is 0 Å². The molecule has 1 atom stereocenters. The third-order valence-electron chi connectivity index (χ3n) is 4.46. The summed E-state index contributed by atoms with van der Waals surface area (Å²) in [7, 11) is 0. The fraction of sp³-hybridized carbons (Fsp3) is 0.350. The molecule has 0 amide bonds. The van der Waals surface area contributed by atoms with E-state index in [4.69, 9.17) is 4.74 Å². The van der Waals surface area contributed by atoms with Crippen molar-refractivity contribution in [2.75, 3.05) is 19.6 Å². The number of nitrogens with zero attached hydrogens (tertiary/aromatic N) is 1. The average Bonchev–Trinajstić information content (AvgIpc) is 3.04. The van der Waals surface area contributed by atoms with Crippen molar-refractivity contribution < 1.29 is 9.53 Å². The first-order chi connectivity index (χ1) is 11.3. The Balaban J connectivity index is 1.80. The Kier molecular flexibility index (Phi) is 5.09. The van der Waals surface area contributed by atoms with E-state index in [2.05, 4.69) is 11.8 Å². The molecule has 0 bridgehead atoms. The monoisotopic (exact) mass is 309 g/mol. The number of likely N-dealkylation sites (N-methyl/N-ethyl adjacent to an activating group) is 1. The molecule has 0 aromatic heterocycles. The number of carbonyl (C=O) groups is 1. The number of carbonyl (C=O) groups excluding carboxylic acids is 1. The van der Waals surface area contributed by atoms with Gasteiger partial charge in [-0.2, -0.15) is 0 Å². The molecule has 0 unspecified atom stereocenters. The van der Waals surface area contributed by atoms with E-state index in [-0.39, 0.29) is 18.0 Å². The van der Waals surface area contributed by atoms with Gasteiger partial charge in [0.2, 0.25) is 0 Å². The summed E-state index contributed by atoms with van der Waals surface area (Å²) in [4.78, 5) is 15.2. The van der Waals surface area contributed by atoms with Gasteiger partial charge in [0.1, 0.15) is 12.0 Å². The third kappa shape index (κ3) is 3.80. The molecule has 3 rings (SSSR count). The van der Waals surface area contributed by atoms with E-state index in [1.165, 1.54) is 0 Å². The Labute approximate surface area is 137 Å². The van der Waals surface area contributed by atoms with Gasteiger partial charge in [-0.25, -0.2) is 0 Å². The molecule has 3 nitrogen and oxygen atoms in total. The summed E-state index contributed by atoms with van der Waals surface area (Å²) in [6, 6.07) is 19.8. The molecule has 0 aliphatic carbocycles. The molecule has 1 saturated heterocycles. The van der Waals surface area contributed by atoms with Crippen LogP contribution in [0.15, 0.2) is 60.7 Å². The first-order valence-corrected chi connectivity index (χ1v) is 8.30. The molecule has 1 heterocycles. The van der Waals surface area contributed by atoms with Crippen molar-refractivity contribution in [2.45, 2.75) is 25.4 Å². The van der Waals surface area contributed by atoms with Crippen molar-refractivity contribution in [3.05, 3.63) is 71.8 Å². The second-order valence-electron chi connectivity index (χ2n) is 6.00. The summed E-state index contributed by atoms with van der Waals surface area (Å²) in [6.45, 7) is 5.00. The minimum atomic E-state index is -0.354. The topological polar surface area (TPSA) is 29.5 Å². The van der Waals surface area contributed by atoms with Crippen LogP contribution in [-0.2, 0) is 9.53 Å². The van der Waals surface area contributed by atoms with Crippen molar-refractivity contribution in [2.24, 2.45) is 0 Å². The molecule has 1 aliphatic rings. The molecule has 0 spiro atoms. The molecule has 1 aliphatic heterocycles. The highest BCUT2D eigenvalue weighted by Gasteiger charge is 2.30. The second kappa shape index (κ2) is 7.42. The van der Waals surface area contributed by atoms with E-state index in [0.717, 1.165) is 37.2 Å². The lowest BCUT2D eigenvalue weighted by atomic mass is 9.91. The van der Waals surface area contributed by atoms with E-state index in [9.17, 15) is 4.79 Å². The number of hydrogen-bond acceptors (Lipinski definition) is 3. The summed E-state index contributed by atoms with van der Waals surface area (Å²) in [6.07, 6.45) is 0.938. The Morgan fingerprint density at radius 2 is 1.65 bits per heavy atom. The molecule has 1 fully saturated rings. The highest BCUT2D eigenvalue weighted by Crippen LogP contribution is 2.27. The SMILES string of the molecule is CCN1CC[C@@H](OC(=O)C(c2ccccc2)c2ccccc2)C1. The largest absolute Gasteiger partial charge is 0.460 e. The minimum Gasteiger partial charge on any atom is -0.460 e. The van der Waals surface area contributed by atoms with Crippen LogP contribution in [0.1, 0.15) is 30.4 Å². The Hall–Kier alpha value is -2.13. The summed E-state index contributed by atoms with van der Waals surface area (Å²) in [5.41, 5.74) is 1.96. The standard InChI is InChI=1S/C20H23NO2/c1-2-21-14-13-18(15-21)23-20(22)19(16-9-5-3-6-10-16)17-11-7-4-8-12-17/h3-12,18-19H,2,13-15H2,1H3/t18-/m1/s1. The van der Waals surface area contributed by atoms with Crippen molar-refractivity contribution >= 4 is 5.97 Å². The molecule has 0 N–H and O–H groups in total. The van der Waals surface area contributed by atoms with E-state index in [0.29, 0.717) is 0 Å². The molecular weight excluding hydrogens is 286 g/mol. The average molecular weight is 309 g/mol. The maximum atomic E-state index is 12.9. The van der Waals surface area contributed by atoms with Gasteiger partial charge in [-0.05, 0) is 24.1 Å². The van der Waals surface area contributed by atoms with Crippen molar-refractivity contribution in [1.82, 2.24) is 4.90 Å². The highest BCUT2D eigenvalue weighted by molar-refractivity contribution is 5.82. The third-order valence-corrected chi connectivity index (χ3v) is 4.46. The molecule has 3 heteroatoms. The maximum absolute atomic E-state index is 12.9. The van der Waals surface area contributed by atoms with Crippen molar-refractivity contribution in [3.8, 4) is 0 Å². The van der Waals surface area contributed by atoms with Gasteiger partial charge in [0.05, 0.1) is 0 Å². The van der Waals surface area contributed by atoms with E-state index < -0.39 is 0 Å². The quantitative estimate of drug-likeness (QED) is 0.792. The van der Waals surface area contributed by atoms with Crippen LogP contribution >= 0.6 is 0 Å². The Morgan fingerprint density at radius 3 is 2.13 bits per heavy atom. The number of rotatable bonds is 5. The van der Waals surface area contributed by atoms with Crippen molar-refractivity contribution in [3.63, 3.8) is 0 Å². The van der Waals surface area contributed by atoms with Gasteiger partial charge >= 0.3 is 5.97 Å². The smallest absolute Gasteiger partial charge is 0.318 e. The predicted octanol–water partition coefficient (Wildman–Crippen LogP) is 3.46. The van der Waals surface area contributed by atoms with E-state index >= 15 is 0 Å². The van der Waals surface area contributed by atoms with Gasteiger partial charge < -0.3 is 4.74 Å². The first-order valence-electron chi connectivity index (χ1n) is 8.30. The number of likely N-dealkylation sites (tertiary alicyclic amines) is 1. The lowest BCUT2D eigenvalue weighted by molar-refractivity contribution is -0.149. The predicted molar refractivity (Wildman–Crippen MR) is 91.3 cm³/mol. The van der Waals surface area contributed by atoms with Gasteiger partial charge in [-0.3, -0.25) is 9.69 Å². The Morgan fingerprint density at radius 1 is 1.09 bits per heavy atom. The molecule has 2 aromatic carbocycles. The van der Waals surface area contributed by atoms with Crippen LogP contribution in [0.4, 0.5) is 0 Å². The molecule has 120 valence electrons. The number of esters is 1. The molecule has 2 aromatic rings. The van der Waals surface area contributed by atoms with Crippen molar-refractivity contribution in [1.29, 1.82) is 0 Å². The molecule has 0 saturated carbocycles. The first kappa shape index (κ1) is 15.8. The molecule has 0 radical (unpaired) electrons. The Bertz CT molecular complexity index is 587. The van der Waals surface area contributed by atoms with Crippen LogP contribution < -0.4 is 0 Å². The minimum absolute atomic E-state index is 0.0115. The normalized spacial score (nSPS) is 18.3. The van der Waals surface area contributed by atoms with E-state index in [1.54, 1.807) is 0 Å². The lowest BCUT2D eigenvalue weighted by Gasteiger charge is -2.20. The van der Waals surface area contributed by atoms with Gasteiger partial charge in [0, 0.05) is 13.1 Å². The molecular formula is C20H23NO2. The van der Waals surface area contributed by atoms with Gasteiger partial charge in [-0.1, -0.05) is 67.6 Å². The van der Waals surface area contributed by atoms with Gasteiger partial charge in [-0.15, -0.1) is 0 Å². The highest BCUT2D eigenvalue weighted by atomic mass is 16.5. The lowest BCUT2D eigenvalue weighted by Crippen LogP contribution is -2.27. The number of benzene rings is 2. The zero-order valence-electron chi connectivity index (χ0n) is 13.5. The zero-order valence-corrected chi connectivity index (χ0v) is 13.5. The second-order valence-corrected chi connectivity index (χ2v) is 6.00. The zero-order chi connectivity index (χ0) is 16.1. The number of hydrogen-bond donors (Lipinski definition) is 0. The van der Waals surface area contributed by atoms with Crippen LogP contribution in [0.2, 0.25) is 0 Å². The summed E-state index contributed by atoms with van der Waals surface area (Å²) in [5, 5.41) is 0.